The minimum absolute atomic E-state index is 0.346. The lowest BCUT2D eigenvalue weighted by atomic mass is 9.91. The monoisotopic (exact) mass is 382 g/mol. The van der Waals surface area contributed by atoms with Crippen molar-refractivity contribution in [1.82, 2.24) is 10.2 Å². The van der Waals surface area contributed by atoms with Crippen molar-refractivity contribution in [2.24, 2.45) is 0 Å². The highest BCUT2D eigenvalue weighted by Gasteiger charge is 2.26. The Balaban J connectivity index is 1.54. The molecule has 0 bridgehead atoms. The summed E-state index contributed by atoms with van der Waals surface area (Å²) in [7, 11) is 1.67. The fourth-order valence-corrected chi connectivity index (χ4v) is 4.21. The zero-order valence-corrected chi connectivity index (χ0v) is 17.0. The van der Waals surface area contributed by atoms with Crippen molar-refractivity contribution in [2.45, 2.75) is 32.4 Å². The van der Waals surface area contributed by atoms with E-state index in [1.165, 1.54) is 11.1 Å². The molecule has 4 rings (SSSR count). The number of rotatable bonds is 5. The summed E-state index contributed by atoms with van der Waals surface area (Å²) in [5.41, 5.74) is 4.01. The van der Waals surface area contributed by atoms with Crippen LogP contribution in [0.4, 0.5) is 0 Å². The summed E-state index contributed by atoms with van der Waals surface area (Å²) in [6.07, 6.45) is 0. The Labute approximate surface area is 167 Å². The van der Waals surface area contributed by atoms with Crippen LogP contribution >= 0.6 is 0 Å². The highest BCUT2D eigenvalue weighted by Crippen LogP contribution is 2.42. The molecule has 5 nitrogen and oxygen atoms in total. The van der Waals surface area contributed by atoms with Crippen LogP contribution in [0.25, 0.3) is 0 Å². The Morgan fingerprint density at radius 1 is 1.11 bits per heavy atom. The number of ether oxygens (including phenoxy) is 3. The fourth-order valence-electron chi connectivity index (χ4n) is 4.21. The maximum atomic E-state index is 5.95. The van der Waals surface area contributed by atoms with E-state index in [1.807, 2.05) is 6.07 Å². The molecule has 2 aliphatic rings. The minimum atomic E-state index is 0.346. The molecule has 2 aromatic rings. The maximum absolute atomic E-state index is 5.95. The van der Waals surface area contributed by atoms with Crippen molar-refractivity contribution < 1.29 is 14.2 Å². The van der Waals surface area contributed by atoms with Crippen LogP contribution in [0.2, 0.25) is 0 Å². The van der Waals surface area contributed by atoms with E-state index in [1.54, 1.807) is 7.11 Å². The lowest BCUT2D eigenvalue weighted by Crippen LogP contribution is -2.45. The van der Waals surface area contributed by atoms with Crippen LogP contribution in [0.5, 0.6) is 17.2 Å². The Morgan fingerprint density at radius 3 is 2.68 bits per heavy atom. The van der Waals surface area contributed by atoms with Gasteiger partial charge in [-0.05, 0) is 23.1 Å². The third-order valence-electron chi connectivity index (χ3n) is 5.60. The molecule has 0 amide bonds. The van der Waals surface area contributed by atoms with Crippen LogP contribution in [0, 0.1) is 0 Å². The normalized spacial score (nSPS) is 19.6. The van der Waals surface area contributed by atoms with E-state index in [9.17, 15) is 0 Å². The second-order valence-electron chi connectivity index (χ2n) is 7.81. The van der Waals surface area contributed by atoms with Gasteiger partial charge in [0.05, 0.1) is 7.11 Å². The smallest absolute Gasteiger partial charge is 0.204 e. The zero-order chi connectivity index (χ0) is 19.5. The van der Waals surface area contributed by atoms with E-state index >= 15 is 0 Å². The van der Waals surface area contributed by atoms with Crippen molar-refractivity contribution in [1.29, 1.82) is 0 Å². The third kappa shape index (κ3) is 3.82. The number of methoxy groups -OCH3 is 1. The molecule has 0 radical (unpaired) electrons. The van der Waals surface area contributed by atoms with Crippen LogP contribution in [0.3, 0.4) is 0 Å². The SMILES string of the molecule is COc1ccc(CN2CCN[C@H](c3ccccc3C(C)C)C2)c2c1OCCO2. The van der Waals surface area contributed by atoms with E-state index in [4.69, 9.17) is 14.2 Å². The van der Waals surface area contributed by atoms with Crippen LogP contribution < -0.4 is 19.5 Å². The Hall–Kier alpha value is -2.24. The van der Waals surface area contributed by atoms with E-state index in [-0.39, 0.29) is 0 Å². The second-order valence-corrected chi connectivity index (χ2v) is 7.81. The van der Waals surface area contributed by atoms with Gasteiger partial charge in [0.15, 0.2) is 11.5 Å². The quantitative estimate of drug-likeness (QED) is 0.853. The first-order valence-corrected chi connectivity index (χ1v) is 10.2. The summed E-state index contributed by atoms with van der Waals surface area (Å²) in [5, 5.41) is 3.71. The van der Waals surface area contributed by atoms with E-state index in [0.29, 0.717) is 25.2 Å². The molecular weight excluding hydrogens is 352 g/mol. The molecule has 2 aliphatic heterocycles. The van der Waals surface area contributed by atoms with Gasteiger partial charge in [0.25, 0.3) is 0 Å². The molecule has 0 aliphatic carbocycles. The maximum Gasteiger partial charge on any atom is 0.204 e. The van der Waals surface area contributed by atoms with Crippen molar-refractivity contribution in [3.8, 4) is 17.2 Å². The largest absolute Gasteiger partial charge is 0.493 e. The summed E-state index contributed by atoms with van der Waals surface area (Å²) >= 11 is 0. The third-order valence-corrected chi connectivity index (χ3v) is 5.60. The van der Waals surface area contributed by atoms with Gasteiger partial charge in [0.1, 0.15) is 13.2 Å². The highest BCUT2D eigenvalue weighted by atomic mass is 16.6. The standard InChI is InChI=1S/C23H30N2O3/c1-16(2)18-6-4-5-7-19(18)20-15-25(11-10-24-20)14-17-8-9-21(26-3)23-22(17)27-12-13-28-23/h4-9,16,20,24H,10-15H2,1-3H3/t20-/m0/s1. The van der Waals surface area contributed by atoms with E-state index in [0.717, 1.165) is 49.0 Å². The topological polar surface area (TPSA) is 43.0 Å². The number of hydrogen-bond donors (Lipinski definition) is 1. The van der Waals surface area contributed by atoms with Crippen molar-refractivity contribution in [3.05, 3.63) is 53.1 Å². The fraction of sp³-hybridized carbons (Fsp3) is 0.478. The Bertz CT molecular complexity index is 821. The van der Waals surface area contributed by atoms with Gasteiger partial charge in [-0.1, -0.05) is 44.2 Å². The second kappa shape index (κ2) is 8.41. The van der Waals surface area contributed by atoms with Crippen LogP contribution in [-0.4, -0.2) is 44.9 Å². The van der Waals surface area contributed by atoms with Gasteiger partial charge in [-0.25, -0.2) is 0 Å². The molecule has 0 spiro atoms. The van der Waals surface area contributed by atoms with Crippen molar-refractivity contribution in [3.63, 3.8) is 0 Å². The number of hydrogen-bond acceptors (Lipinski definition) is 5. The molecule has 1 N–H and O–H groups in total. The molecule has 0 unspecified atom stereocenters. The van der Waals surface area contributed by atoms with E-state index < -0.39 is 0 Å². The highest BCUT2D eigenvalue weighted by molar-refractivity contribution is 5.56. The molecule has 5 heteroatoms. The number of nitrogens with zero attached hydrogens (tertiary/aromatic N) is 1. The zero-order valence-electron chi connectivity index (χ0n) is 17.0. The molecule has 1 saturated heterocycles. The number of benzene rings is 2. The van der Waals surface area contributed by atoms with Gasteiger partial charge in [0, 0.05) is 37.8 Å². The molecule has 0 saturated carbocycles. The first kappa shape index (κ1) is 19.1. The van der Waals surface area contributed by atoms with Gasteiger partial charge in [-0.15, -0.1) is 0 Å². The molecule has 150 valence electrons. The van der Waals surface area contributed by atoms with Crippen molar-refractivity contribution >= 4 is 0 Å². The molecule has 0 aromatic heterocycles. The first-order valence-electron chi connectivity index (χ1n) is 10.2. The molecule has 2 heterocycles. The van der Waals surface area contributed by atoms with Gasteiger partial charge in [-0.2, -0.15) is 0 Å². The van der Waals surface area contributed by atoms with Crippen LogP contribution in [0.1, 0.15) is 42.5 Å². The minimum Gasteiger partial charge on any atom is -0.493 e. The predicted molar refractivity (Wildman–Crippen MR) is 111 cm³/mol. The van der Waals surface area contributed by atoms with E-state index in [2.05, 4.69) is 54.4 Å². The summed E-state index contributed by atoms with van der Waals surface area (Å²) < 4.78 is 17.2. The number of nitrogens with one attached hydrogen (secondary N) is 1. The lowest BCUT2D eigenvalue weighted by molar-refractivity contribution is 0.155. The van der Waals surface area contributed by atoms with Crippen LogP contribution in [-0.2, 0) is 6.54 Å². The average Bonchev–Trinajstić information content (AvgIpc) is 2.74. The van der Waals surface area contributed by atoms with Gasteiger partial charge < -0.3 is 19.5 Å². The summed E-state index contributed by atoms with van der Waals surface area (Å²) in [4.78, 5) is 2.50. The van der Waals surface area contributed by atoms with Crippen molar-refractivity contribution in [2.75, 3.05) is 40.0 Å². The predicted octanol–water partition coefficient (Wildman–Crippen LogP) is 3.74. The number of piperazine rings is 1. The lowest BCUT2D eigenvalue weighted by Gasteiger charge is -2.36. The molecule has 2 aromatic carbocycles. The average molecular weight is 383 g/mol. The molecular formula is C23H30N2O3. The van der Waals surface area contributed by atoms with Gasteiger partial charge in [0.2, 0.25) is 5.75 Å². The summed E-state index contributed by atoms with van der Waals surface area (Å²) in [5.74, 6) is 2.83. The van der Waals surface area contributed by atoms with Crippen LogP contribution in [0.15, 0.2) is 36.4 Å². The Morgan fingerprint density at radius 2 is 1.89 bits per heavy atom. The Kier molecular flexibility index (Phi) is 5.74. The summed E-state index contributed by atoms with van der Waals surface area (Å²) in [6, 6.07) is 13.2. The molecule has 1 fully saturated rings. The number of fused-ring (bicyclic) bond motifs is 1. The summed E-state index contributed by atoms with van der Waals surface area (Å²) in [6.45, 7) is 9.49. The first-order chi connectivity index (χ1) is 13.7. The molecule has 28 heavy (non-hydrogen) atoms. The van der Waals surface area contributed by atoms with Gasteiger partial charge >= 0.3 is 0 Å². The molecule has 1 atom stereocenters. The van der Waals surface area contributed by atoms with Gasteiger partial charge in [-0.3, -0.25) is 4.90 Å².